The lowest BCUT2D eigenvalue weighted by molar-refractivity contribution is 0.0158. The maximum atomic E-state index is 12.5. The van der Waals surface area contributed by atoms with E-state index >= 15 is 0 Å². The van der Waals surface area contributed by atoms with Crippen LogP contribution in [-0.2, 0) is 11.3 Å². The first kappa shape index (κ1) is 26.9. The predicted octanol–water partition coefficient (Wildman–Crippen LogP) is 5.58. The third kappa shape index (κ3) is 7.00. The number of ether oxygens (including phenoxy) is 2. The van der Waals surface area contributed by atoms with Gasteiger partial charge in [-0.15, -0.1) is 0 Å². The lowest BCUT2D eigenvalue weighted by atomic mass is 10.1. The second kappa shape index (κ2) is 11.1. The van der Waals surface area contributed by atoms with Crippen molar-refractivity contribution in [3.05, 3.63) is 58.3 Å². The maximum absolute atomic E-state index is 12.5. The Bertz CT molecular complexity index is 1250. The SMILES string of the molecule is CC1CN(c2ncc(Oc3cc(CO)cc(-c4cc(Cl)cc(Cl)c4)n3)cn2)CCN1C(=O)OC(C)(C)C. The number of amides is 1. The third-order valence-corrected chi connectivity index (χ3v) is 6.01. The number of piperazine rings is 1. The van der Waals surface area contributed by atoms with Gasteiger partial charge in [-0.25, -0.2) is 19.7 Å². The van der Waals surface area contributed by atoms with Crippen LogP contribution in [-0.4, -0.2) is 62.3 Å². The van der Waals surface area contributed by atoms with E-state index in [4.69, 9.17) is 32.7 Å². The van der Waals surface area contributed by atoms with Crippen molar-refractivity contribution < 1.29 is 19.4 Å². The summed E-state index contributed by atoms with van der Waals surface area (Å²) in [7, 11) is 0. The molecule has 37 heavy (non-hydrogen) atoms. The van der Waals surface area contributed by atoms with Gasteiger partial charge in [-0.2, -0.15) is 0 Å². The normalized spacial score (nSPS) is 16.0. The van der Waals surface area contributed by atoms with Crippen molar-refractivity contribution >= 4 is 35.2 Å². The Morgan fingerprint density at radius 2 is 1.76 bits per heavy atom. The largest absolute Gasteiger partial charge is 0.444 e. The Morgan fingerprint density at radius 3 is 2.35 bits per heavy atom. The van der Waals surface area contributed by atoms with Crippen LogP contribution in [0.3, 0.4) is 0 Å². The van der Waals surface area contributed by atoms with E-state index in [1.165, 1.54) is 0 Å². The summed E-state index contributed by atoms with van der Waals surface area (Å²) in [5.41, 5.74) is 1.33. The molecule has 1 aliphatic rings. The van der Waals surface area contributed by atoms with Crippen molar-refractivity contribution in [2.24, 2.45) is 0 Å². The third-order valence-electron chi connectivity index (χ3n) is 5.58. The van der Waals surface area contributed by atoms with Gasteiger partial charge in [0, 0.05) is 47.4 Å². The number of nitrogens with zero attached hydrogens (tertiary/aromatic N) is 5. The van der Waals surface area contributed by atoms with E-state index in [2.05, 4.69) is 15.0 Å². The van der Waals surface area contributed by atoms with Gasteiger partial charge in [0.2, 0.25) is 11.8 Å². The van der Waals surface area contributed by atoms with Gasteiger partial charge in [-0.1, -0.05) is 23.2 Å². The van der Waals surface area contributed by atoms with Crippen LogP contribution in [0.25, 0.3) is 11.3 Å². The van der Waals surface area contributed by atoms with Crippen LogP contribution < -0.4 is 9.64 Å². The molecule has 11 heteroatoms. The Kier molecular flexibility index (Phi) is 8.06. The number of benzene rings is 1. The van der Waals surface area contributed by atoms with E-state index < -0.39 is 5.60 Å². The van der Waals surface area contributed by atoms with Crippen LogP contribution >= 0.6 is 23.2 Å². The zero-order valence-corrected chi connectivity index (χ0v) is 22.6. The number of anilines is 1. The molecule has 3 aromatic rings. The van der Waals surface area contributed by atoms with E-state index in [-0.39, 0.29) is 24.6 Å². The van der Waals surface area contributed by atoms with Crippen molar-refractivity contribution in [1.82, 2.24) is 19.9 Å². The molecule has 196 valence electrons. The second-order valence-corrected chi connectivity index (χ2v) is 10.7. The van der Waals surface area contributed by atoms with Crippen molar-refractivity contribution in [2.45, 2.75) is 45.9 Å². The molecule has 1 saturated heterocycles. The Morgan fingerprint density at radius 1 is 1.08 bits per heavy atom. The fraction of sp³-hybridized carbons (Fsp3) is 0.385. The smallest absolute Gasteiger partial charge is 0.410 e. The molecule has 3 heterocycles. The van der Waals surface area contributed by atoms with Crippen molar-refractivity contribution in [3.63, 3.8) is 0 Å². The summed E-state index contributed by atoms with van der Waals surface area (Å²) in [5, 5.41) is 10.7. The highest BCUT2D eigenvalue weighted by Gasteiger charge is 2.31. The van der Waals surface area contributed by atoms with E-state index in [1.807, 2.05) is 32.6 Å². The van der Waals surface area contributed by atoms with Gasteiger partial charge in [0.25, 0.3) is 0 Å². The van der Waals surface area contributed by atoms with Gasteiger partial charge in [0.1, 0.15) is 5.60 Å². The van der Waals surface area contributed by atoms with Gasteiger partial charge in [-0.3, -0.25) is 0 Å². The van der Waals surface area contributed by atoms with E-state index in [0.29, 0.717) is 58.2 Å². The Balaban J connectivity index is 1.45. The minimum atomic E-state index is -0.541. The molecule has 1 atom stereocenters. The maximum Gasteiger partial charge on any atom is 0.410 e. The van der Waals surface area contributed by atoms with Crippen LogP contribution in [0, 0.1) is 0 Å². The summed E-state index contributed by atoms with van der Waals surface area (Å²) in [6, 6.07) is 8.43. The minimum Gasteiger partial charge on any atom is -0.444 e. The average molecular weight is 546 g/mol. The molecule has 0 saturated carbocycles. The molecular formula is C26H29Cl2N5O4. The summed E-state index contributed by atoms with van der Waals surface area (Å²) >= 11 is 12.3. The molecule has 4 rings (SSSR count). The minimum absolute atomic E-state index is 0.0630. The fourth-order valence-corrected chi connectivity index (χ4v) is 4.46. The zero-order chi connectivity index (χ0) is 26.7. The number of carbonyl (C=O) groups excluding carboxylic acids is 1. The van der Waals surface area contributed by atoms with Crippen LogP contribution in [0.15, 0.2) is 42.7 Å². The van der Waals surface area contributed by atoms with Crippen molar-refractivity contribution in [3.8, 4) is 22.9 Å². The average Bonchev–Trinajstić information content (AvgIpc) is 2.82. The van der Waals surface area contributed by atoms with Crippen LogP contribution in [0.5, 0.6) is 11.6 Å². The molecule has 1 N–H and O–H groups in total. The highest BCUT2D eigenvalue weighted by atomic mass is 35.5. The van der Waals surface area contributed by atoms with Gasteiger partial charge in [0.05, 0.1) is 24.7 Å². The number of carbonyl (C=O) groups is 1. The van der Waals surface area contributed by atoms with Gasteiger partial charge in [0.15, 0.2) is 5.75 Å². The number of aliphatic hydroxyl groups is 1. The first-order valence-corrected chi connectivity index (χ1v) is 12.6. The molecular weight excluding hydrogens is 517 g/mol. The van der Waals surface area contributed by atoms with E-state index in [1.54, 1.807) is 47.6 Å². The van der Waals surface area contributed by atoms with Gasteiger partial charge in [-0.05, 0) is 57.5 Å². The van der Waals surface area contributed by atoms with E-state index in [9.17, 15) is 9.90 Å². The molecule has 0 bridgehead atoms. The number of rotatable bonds is 5. The number of pyridine rings is 1. The summed E-state index contributed by atoms with van der Waals surface area (Å²) < 4.78 is 11.4. The first-order chi connectivity index (χ1) is 17.5. The Labute approximate surface area is 226 Å². The molecule has 0 aliphatic carbocycles. The molecule has 1 amide bonds. The molecule has 2 aromatic heterocycles. The number of halogens is 2. The lowest BCUT2D eigenvalue weighted by Crippen LogP contribution is -2.55. The lowest BCUT2D eigenvalue weighted by Gasteiger charge is -2.40. The first-order valence-electron chi connectivity index (χ1n) is 11.8. The Hall–Kier alpha value is -3.14. The molecule has 1 aliphatic heterocycles. The van der Waals surface area contributed by atoms with Gasteiger partial charge < -0.3 is 24.4 Å². The van der Waals surface area contributed by atoms with Crippen LogP contribution in [0.2, 0.25) is 10.0 Å². The summed E-state index contributed by atoms with van der Waals surface area (Å²) in [4.78, 5) is 29.7. The topological polar surface area (TPSA) is 101 Å². The zero-order valence-electron chi connectivity index (χ0n) is 21.1. The quantitative estimate of drug-likeness (QED) is 0.443. The number of aromatic nitrogens is 3. The van der Waals surface area contributed by atoms with Crippen LogP contribution in [0.4, 0.5) is 10.7 Å². The summed E-state index contributed by atoms with van der Waals surface area (Å²) in [6.45, 7) is 9.00. The molecule has 1 aromatic carbocycles. The molecule has 1 unspecified atom stereocenters. The second-order valence-electron chi connectivity index (χ2n) is 9.80. The standard InChI is InChI=1S/C26H29Cl2N5O4/c1-16-14-32(5-6-33(16)25(35)37-26(2,3)4)24-29-12-21(13-30-24)36-23-8-17(15-34)7-22(31-23)18-9-19(27)11-20(28)10-18/h7-13,16,34H,5-6,14-15H2,1-4H3. The molecule has 0 radical (unpaired) electrons. The van der Waals surface area contributed by atoms with Gasteiger partial charge >= 0.3 is 6.09 Å². The summed E-state index contributed by atoms with van der Waals surface area (Å²) in [5.74, 6) is 1.20. The highest BCUT2D eigenvalue weighted by molar-refractivity contribution is 6.35. The number of hydrogen-bond acceptors (Lipinski definition) is 8. The number of hydrogen-bond donors (Lipinski definition) is 1. The monoisotopic (exact) mass is 545 g/mol. The highest BCUT2D eigenvalue weighted by Crippen LogP contribution is 2.30. The number of aliphatic hydroxyl groups excluding tert-OH is 1. The molecule has 9 nitrogen and oxygen atoms in total. The van der Waals surface area contributed by atoms with Crippen LogP contribution in [0.1, 0.15) is 33.3 Å². The fourth-order valence-electron chi connectivity index (χ4n) is 3.93. The molecule has 0 spiro atoms. The van der Waals surface area contributed by atoms with Crippen molar-refractivity contribution in [2.75, 3.05) is 24.5 Å². The molecule has 1 fully saturated rings. The summed E-state index contributed by atoms with van der Waals surface area (Å²) in [6.07, 6.45) is 2.81. The predicted molar refractivity (Wildman–Crippen MR) is 142 cm³/mol. The van der Waals surface area contributed by atoms with Crippen molar-refractivity contribution in [1.29, 1.82) is 0 Å². The van der Waals surface area contributed by atoms with E-state index in [0.717, 1.165) is 0 Å².